The summed E-state index contributed by atoms with van der Waals surface area (Å²) in [5, 5.41) is 2.87. The lowest BCUT2D eigenvalue weighted by Gasteiger charge is -2.11. The van der Waals surface area contributed by atoms with Crippen molar-refractivity contribution in [1.82, 2.24) is 4.57 Å². The fraction of sp³-hybridized carbons (Fsp3) is 0.136. The van der Waals surface area contributed by atoms with E-state index in [0.717, 1.165) is 5.69 Å². The van der Waals surface area contributed by atoms with E-state index in [4.69, 9.17) is 5.73 Å². The Kier molecular flexibility index (Phi) is 4.53. The van der Waals surface area contributed by atoms with Gasteiger partial charge in [0.2, 0.25) is 17.6 Å². The molecule has 3 N–H and O–H groups in total. The summed E-state index contributed by atoms with van der Waals surface area (Å²) in [7, 11) is 0. The number of nitrogens with two attached hydrogens (primary N) is 1. The Morgan fingerprint density at radius 1 is 0.893 bits per heavy atom. The van der Waals surface area contributed by atoms with Gasteiger partial charge in [0, 0.05) is 29.1 Å². The maximum atomic E-state index is 12.8. The van der Waals surface area contributed by atoms with E-state index < -0.39 is 5.91 Å². The molecule has 2 amide bonds. The molecule has 6 heteroatoms. The fourth-order valence-electron chi connectivity index (χ4n) is 3.59. The van der Waals surface area contributed by atoms with E-state index >= 15 is 0 Å². The molecule has 2 aromatic carbocycles. The van der Waals surface area contributed by atoms with Crippen LogP contribution in [0.5, 0.6) is 0 Å². The second-order valence-electron chi connectivity index (χ2n) is 6.76. The van der Waals surface area contributed by atoms with Crippen molar-refractivity contribution in [3.63, 3.8) is 0 Å². The van der Waals surface area contributed by atoms with Gasteiger partial charge in [-0.25, -0.2) is 0 Å². The maximum absolute atomic E-state index is 12.8. The van der Waals surface area contributed by atoms with Crippen LogP contribution in [0.15, 0.2) is 66.7 Å². The molecule has 0 aliphatic carbocycles. The average Bonchev–Trinajstić information content (AvgIpc) is 3.30. The zero-order chi connectivity index (χ0) is 19.7. The van der Waals surface area contributed by atoms with Crippen LogP contribution in [0.1, 0.15) is 44.4 Å². The highest BCUT2D eigenvalue weighted by Gasteiger charge is 2.32. The van der Waals surface area contributed by atoms with Crippen molar-refractivity contribution >= 4 is 23.3 Å². The molecular weight excluding hydrogens is 354 g/mol. The van der Waals surface area contributed by atoms with E-state index in [-0.39, 0.29) is 17.6 Å². The monoisotopic (exact) mass is 373 g/mol. The normalized spacial score (nSPS) is 15.1. The predicted molar refractivity (Wildman–Crippen MR) is 105 cm³/mol. The van der Waals surface area contributed by atoms with Crippen LogP contribution in [0.25, 0.3) is 0 Å². The van der Waals surface area contributed by atoms with Gasteiger partial charge in [0.15, 0.2) is 0 Å². The lowest BCUT2D eigenvalue weighted by molar-refractivity contribution is -0.117. The first-order chi connectivity index (χ1) is 13.5. The molecule has 28 heavy (non-hydrogen) atoms. The highest BCUT2D eigenvalue weighted by Crippen LogP contribution is 2.32. The highest BCUT2D eigenvalue weighted by molar-refractivity contribution is 6.08. The van der Waals surface area contributed by atoms with Crippen molar-refractivity contribution in [3.8, 4) is 0 Å². The van der Waals surface area contributed by atoms with Gasteiger partial charge >= 0.3 is 0 Å². The van der Waals surface area contributed by atoms with Gasteiger partial charge in [-0.3, -0.25) is 14.4 Å². The molecule has 140 valence electrons. The standard InChI is InChI=1S/C22H19N3O3/c23-21(27)15-6-8-16(9-7-15)24-22(28)17-12-13-25-18(17)10-11-19(25)20(26)14-4-2-1-3-5-14/h1-11,17H,12-13H2,(H2,23,27)(H,24,28)/t17-/m0/s1. The molecule has 1 aromatic heterocycles. The second kappa shape index (κ2) is 7.15. The minimum Gasteiger partial charge on any atom is -0.366 e. The quantitative estimate of drug-likeness (QED) is 0.673. The molecule has 0 spiro atoms. The summed E-state index contributed by atoms with van der Waals surface area (Å²) in [4.78, 5) is 36.7. The van der Waals surface area contributed by atoms with Crippen molar-refractivity contribution in [2.75, 3.05) is 5.32 Å². The number of rotatable bonds is 5. The molecule has 0 fully saturated rings. The van der Waals surface area contributed by atoms with Crippen LogP contribution < -0.4 is 11.1 Å². The number of carbonyl (C=O) groups excluding carboxylic acids is 3. The van der Waals surface area contributed by atoms with E-state index in [0.29, 0.717) is 35.5 Å². The summed E-state index contributed by atoms with van der Waals surface area (Å²) in [5.74, 6) is -1.02. The van der Waals surface area contributed by atoms with Crippen LogP contribution in [0.2, 0.25) is 0 Å². The number of amides is 2. The summed E-state index contributed by atoms with van der Waals surface area (Å²) < 4.78 is 1.93. The number of primary amides is 1. The molecule has 1 aliphatic rings. The first-order valence-corrected chi connectivity index (χ1v) is 9.04. The van der Waals surface area contributed by atoms with Crippen LogP contribution in [0, 0.1) is 0 Å². The van der Waals surface area contributed by atoms with Gasteiger partial charge in [-0.05, 0) is 42.8 Å². The largest absolute Gasteiger partial charge is 0.366 e. The van der Waals surface area contributed by atoms with Gasteiger partial charge in [0.1, 0.15) is 0 Å². The molecule has 0 radical (unpaired) electrons. The number of benzene rings is 2. The zero-order valence-corrected chi connectivity index (χ0v) is 15.1. The van der Waals surface area contributed by atoms with Crippen molar-refractivity contribution in [2.24, 2.45) is 5.73 Å². The minimum absolute atomic E-state index is 0.0463. The van der Waals surface area contributed by atoms with Crippen molar-refractivity contribution in [2.45, 2.75) is 18.9 Å². The van der Waals surface area contributed by atoms with Crippen LogP contribution >= 0.6 is 0 Å². The highest BCUT2D eigenvalue weighted by atomic mass is 16.2. The van der Waals surface area contributed by atoms with Gasteiger partial charge < -0.3 is 15.6 Å². The van der Waals surface area contributed by atoms with Crippen LogP contribution in [0.4, 0.5) is 5.69 Å². The lowest BCUT2D eigenvalue weighted by Crippen LogP contribution is -2.19. The van der Waals surface area contributed by atoms with Gasteiger partial charge in [0.25, 0.3) is 0 Å². The molecule has 1 atom stereocenters. The van der Waals surface area contributed by atoms with E-state index in [2.05, 4.69) is 5.32 Å². The first-order valence-electron chi connectivity index (χ1n) is 9.04. The average molecular weight is 373 g/mol. The third kappa shape index (κ3) is 3.20. The van der Waals surface area contributed by atoms with E-state index in [1.807, 2.05) is 28.8 Å². The SMILES string of the molecule is NC(=O)c1ccc(NC(=O)[C@H]2CCn3c(C(=O)c4ccccc4)ccc32)cc1. The number of anilines is 1. The molecular formula is C22H19N3O3. The Morgan fingerprint density at radius 2 is 1.61 bits per heavy atom. The number of nitrogens with zero attached hydrogens (tertiary/aromatic N) is 1. The summed E-state index contributed by atoms with van der Waals surface area (Å²) in [6, 6.07) is 19.2. The summed E-state index contributed by atoms with van der Waals surface area (Å²) in [6.45, 7) is 0.620. The molecule has 6 nitrogen and oxygen atoms in total. The Hall–Kier alpha value is -3.67. The first kappa shape index (κ1) is 17.7. The van der Waals surface area contributed by atoms with E-state index in [9.17, 15) is 14.4 Å². The number of hydrogen-bond acceptors (Lipinski definition) is 3. The molecule has 4 rings (SSSR count). The summed E-state index contributed by atoms with van der Waals surface area (Å²) in [6.07, 6.45) is 0.635. The Bertz CT molecular complexity index is 1050. The summed E-state index contributed by atoms with van der Waals surface area (Å²) in [5.41, 5.74) is 8.28. The summed E-state index contributed by atoms with van der Waals surface area (Å²) >= 11 is 0. The third-order valence-electron chi connectivity index (χ3n) is 5.03. The Morgan fingerprint density at radius 3 is 2.29 bits per heavy atom. The zero-order valence-electron chi connectivity index (χ0n) is 15.1. The van der Waals surface area contributed by atoms with Gasteiger partial charge in [-0.15, -0.1) is 0 Å². The molecule has 2 heterocycles. The van der Waals surface area contributed by atoms with Crippen molar-refractivity contribution < 1.29 is 14.4 Å². The van der Waals surface area contributed by atoms with Crippen LogP contribution in [-0.2, 0) is 11.3 Å². The third-order valence-corrected chi connectivity index (χ3v) is 5.03. The number of fused-ring (bicyclic) bond motifs is 1. The molecule has 3 aromatic rings. The van der Waals surface area contributed by atoms with E-state index in [1.54, 1.807) is 42.5 Å². The van der Waals surface area contributed by atoms with Crippen molar-refractivity contribution in [1.29, 1.82) is 0 Å². The Labute approximate surface area is 162 Å². The number of carbonyl (C=O) groups is 3. The molecule has 0 unspecified atom stereocenters. The Balaban J connectivity index is 1.52. The molecule has 0 bridgehead atoms. The second-order valence-corrected chi connectivity index (χ2v) is 6.76. The van der Waals surface area contributed by atoms with Crippen LogP contribution in [-0.4, -0.2) is 22.2 Å². The number of ketones is 1. The molecule has 0 saturated heterocycles. The number of aromatic nitrogens is 1. The fourth-order valence-corrected chi connectivity index (χ4v) is 3.59. The van der Waals surface area contributed by atoms with Gasteiger partial charge in [0.05, 0.1) is 11.6 Å². The van der Waals surface area contributed by atoms with Gasteiger partial charge in [-0.1, -0.05) is 30.3 Å². The maximum Gasteiger partial charge on any atom is 0.248 e. The van der Waals surface area contributed by atoms with Gasteiger partial charge in [-0.2, -0.15) is 0 Å². The predicted octanol–water partition coefficient (Wildman–Crippen LogP) is 2.94. The minimum atomic E-state index is -0.512. The van der Waals surface area contributed by atoms with E-state index in [1.165, 1.54) is 0 Å². The molecule has 0 saturated carbocycles. The lowest BCUT2D eigenvalue weighted by atomic mass is 10.0. The molecule has 1 aliphatic heterocycles. The smallest absolute Gasteiger partial charge is 0.248 e. The topological polar surface area (TPSA) is 94.2 Å². The van der Waals surface area contributed by atoms with Crippen LogP contribution in [0.3, 0.4) is 0 Å². The number of nitrogens with one attached hydrogen (secondary N) is 1. The van der Waals surface area contributed by atoms with Crippen molar-refractivity contribution in [3.05, 3.63) is 89.2 Å². The number of hydrogen-bond donors (Lipinski definition) is 2.